The predicted octanol–water partition coefficient (Wildman–Crippen LogP) is 1.33. The Balaban J connectivity index is 1.48. The van der Waals surface area contributed by atoms with E-state index < -0.39 is 21.9 Å². The van der Waals surface area contributed by atoms with Gasteiger partial charge in [-0.1, -0.05) is 12.1 Å². The summed E-state index contributed by atoms with van der Waals surface area (Å²) in [5, 5.41) is 14.5. The van der Waals surface area contributed by atoms with Crippen LogP contribution in [0.25, 0.3) is 16.8 Å². The molecule has 150 valence electrons. The van der Waals surface area contributed by atoms with Gasteiger partial charge in [-0.05, 0) is 42.0 Å². The van der Waals surface area contributed by atoms with E-state index in [1.165, 1.54) is 29.8 Å². The van der Waals surface area contributed by atoms with Crippen molar-refractivity contribution < 1.29 is 17.9 Å². The number of nitrogens with zero attached hydrogens (tertiary/aromatic N) is 3. The number of rotatable bonds is 6. The van der Waals surface area contributed by atoms with E-state index in [-0.39, 0.29) is 11.4 Å². The van der Waals surface area contributed by atoms with Crippen LogP contribution in [0.4, 0.5) is 0 Å². The minimum absolute atomic E-state index is 0.0253. The number of hydrogen-bond donors (Lipinski definition) is 2. The molecule has 2 aromatic carbocycles. The third-order valence-corrected chi connectivity index (χ3v) is 6.01. The summed E-state index contributed by atoms with van der Waals surface area (Å²) in [6, 6.07) is 12.9. The zero-order chi connectivity index (χ0) is 20.6. The molecule has 2 N–H and O–H groups in total. The molecule has 0 aliphatic heterocycles. The fourth-order valence-electron chi connectivity index (χ4n) is 2.93. The van der Waals surface area contributed by atoms with Crippen molar-refractivity contribution in [2.75, 3.05) is 6.54 Å². The number of aliphatic hydroxyl groups is 1. The van der Waals surface area contributed by atoms with Gasteiger partial charge in [0.1, 0.15) is 0 Å². The summed E-state index contributed by atoms with van der Waals surface area (Å²) in [6.45, 7) is -0.203. The normalized spacial score (nSPS) is 13.0. The average molecular weight is 414 g/mol. The summed E-state index contributed by atoms with van der Waals surface area (Å²) in [6.07, 6.45) is 2.43. The number of nitrogens with one attached hydrogen (secondary N) is 1. The molecule has 4 rings (SSSR count). The highest BCUT2D eigenvalue weighted by Crippen LogP contribution is 2.19. The molecule has 2 aromatic heterocycles. The number of aromatic nitrogens is 3. The second kappa shape index (κ2) is 7.32. The first-order valence-corrected chi connectivity index (χ1v) is 10.2. The minimum atomic E-state index is -3.89. The van der Waals surface area contributed by atoms with Gasteiger partial charge in [0, 0.05) is 26.0 Å². The van der Waals surface area contributed by atoms with E-state index >= 15 is 0 Å². The van der Waals surface area contributed by atoms with Crippen molar-refractivity contribution in [3.8, 4) is 5.69 Å². The van der Waals surface area contributed by atoms with E-state index in [9.17, 15) is 18.3 Å². The quantitative estimate of drug-likeness (QED) is 0.491. The molecule has 0 fully saturated rings. The molecule has 1 unspecified atom stereocenters. The summed E-state index contributed by atoms with van der Waals surface area (Å²) in [5.74, 6) is -0.573. The summed E-state index contributed by atoms with van der Waals surface area (Å²) >= 11 is 0. The van der Waals surface area contributed by atoms with Crippen molar-refractivity contribution in [1.82, 2.24) is 19.1 Å². The zero-order valence-corrected chi connectivity index (χ0v) is 16.2. The van der Waals surface area contributed by atoms with Crippen LogP contribution in [0.3, 0.4) is 0 Å². The zero-order valence-electron chi connectivity index (χ0n) is 15.4. The van der Waals surface area contributed by atoms with Gasteiger partial charge < -0.3 is 9.52 Å². The Bertz CT molecular complexity index is 1310. The van der Waals surface area contributed by atoms with E-state index in [0.29, 0.717) is 16.7 Å². The summed E-state index contributed by atoms with van der Waals surface area (Å²) in [5.41, 5.74) is 2.06. The lowest BCUT2D eigenvalue weighted by Gasteiger charge is -2.13. The molecule has 0 spiro atoms. The molecular formula is C19H18N4O5S. The molecule has 4 aromatic rings. The van der Waals surface area contributed by atoms with Gasteiger partial charge in [0.05, 0.1) is 22.2 Å². The molecular weight excluding hydrogens is 396 g/mol. The predicted molar refractivity (Wildman–Crippen MR) is 105 cm³/mol. The lowest BCUT2D eigenvalue weighted by molar-refractivity contribution is 0.182. The fraction of sp³-hybridized carbons (Fsp3) is 0.158. The number of hydrogen-bond acceptors (Lipinski definition) is 6. The van der Waals surface area contributed by atoms with Crippen LogP contribution < -0.4 is 10.5 Å². The molecule has 0 aliphatic carbocycles. The molecule has 0 saturated heterocycles. The number of aliphatic hydroxyl groups excluding tert-OH is 1. The smallest absolute Gasteiger partial charge is 0.408 e. The second-order valence-corrected chi connectivity index (χ2v) is 8.23. The van der Waals surface area contributed by atoms with Gasteiger partial charge in [-0.25, -0.2) is 22.6 Å². The summed E-state index contributed by atoms with van der Waals surface area (Å²) < 4.78 is 35.5. The average Bonchev–Trinajstić information content (AvgIpc) is 3.35. The highest BCUT2D eigenvalue weighted by atomic mass is 32.2. The molecule has 29 heavy (non-hydrogen) atoms. The van der Waals surface area contributed by atoms with Gasteiger partial charge in [-0.2, -0.15) is 5.10 Å². The van der Waals surface area contributed by atoms with Crippen molar-refractivity contribution in [2.45, 2.75) is 11.0 Å². The van der Waals surface area contributed by atoms with Crippen molar-refractivity contribution in [3.63, 3.8) is 0 Å². The molecule has 10 heteroatoms. The van der Waals surface area contributed by atoms with Crippen LogP contribution in [0.5, 0.6) is 0 Å². The van der Waals surface area contributed by atoms with Crippen LogP contribution in [-0.4, -0.2) is 34.4 Å². The van der Waals surface area contributed by atoms with Crippen molar-refractivity contribution in [3.05, 3.63) is 77.0 Å². The van der Waals surface area contributed by atoms with Crippen LogP contribution in [0.2, 0.25) is 0 Å². The molecule has 2 heterocycles. The van der Waals surface area contributed by atoms with Crippen molar-refractivity contribution >= 4 is 21.1 Å². The van der Waals surface area contributed by atoms with Crippen LogP contribution in [0.15, 0.2) is 75.0 Å². The first kappa shape index (κ1) is 19.1. The van der Waals surface area contributed by atoms with E-state index in [4.69, 9.17) is 4.42 Å². The van der Waals surface area contributed by atoms with Gasteiger partial charge >= 0.3 is 5.76 Å². The number of oxazole rings is 1. The third-order valence-electron chi connectivity index (χ3n) is 4.59. The van der Waals surface area contributed by atoms with E-state index in [1.807, 2.05) is 0 Å². The van der Waals surface area contributed by atoms with E-state index in [1.54, 1.807) is 47.4 Å². The van der Waals surface area contributed by atoms with E-state index in [0.717, 1.165) is 5.69 Å². The third kappa shape index (κ3) is 3.73. The standard InChI is InChI=1S/C19H18N4O5S/c1-22-16-11-15(7-8-18(16)28-19(22)25)29(26,27)21-12-17(24)13-3-5-14(6-4-13)23-10-2-9-20-23/h2-11,17,21,24H,12H2,1H3. The monoisotopic (exact) mass is 414 g/mol. The fourth-order valence-corrected chi connectivity index (χ4v) is 3.99. The van der Waals surface area contributed by atoms with Gasteiger partial charge in [0.25, 0.3) is 0 Å². The first-order valence-electron chi connectivity index (χ1n) is 8.72. The molecule has 0 saturated carbocycles. The molecule has 1 atom stereocenters. The van der Waals surface area contributed by atoms with Crippen LogP contribution in [-0.2, 0) is 17.1 Å². The van der Waals surface area contributed by atoms with Crippen molar-refractivity contribution in [2.24, 2.45) is 7.05 Å². The molecule has 0 bridgehead atoms. The maximum Gasteiger partial charge on any atom is 0.419 e. The molecule has 0 radical (unpaired) electrons. The van der Waals surface area contributed by atoms with E-state index in [2.05, 4.69) is 9.82 Å². The highest BCUT2D eigenvalue weighted by molar-refractivity contribution is 7.89. The minimum Gasteiger partial charge on any atom is -0.408 e. The topological polar surface area (TPSA) is 119 Å². The summed E-state index contributed by atoms with van der Waals surface area (Å²) in [7, 11) is -2.39. The van der Waals surface area contributed by atoms with Crippen LogP contribution in [0.1, 0.15) is 11.7 Å². The van der Waals surface area contributed by atoms with Gasteiger partial charge in [-0.15, -0.1) is 0 Å². The Hall–Kier alpha value is -3.21. The SMILES string of the molecule is Cn1c(=O)oc2ccc(S(=O)(=O)NCC(O)c3ccc(-n4cccn4)cc3)cc21. The lowest BCUT2D eigenvalue weighted by atomic mass is 10.1. The maximum atomic E-state index is 12.6. The largest absolute Gasteiger partial charge is 0.419 e. The van der Waals surface area contributed by atoms with Gasteiger partial charge in [0.15, 0.2) is 5.58 Å². The first-order chi connectivity index (χ1) is 13.8. The lowest BCUT2D eigenvalue weighted by Crippen LogP contribution is -2.28. The Kier molecular flexibility index (Phi) is 4.82. The Labute approximate surface area is 165 Å². The second-order valence-electron chi connectivity index (χ2n) is 6.47. The maximum absolute atomic E-state index is 12.6. The van der Waals surface area contributed by atoms with Crippen LogP contribution in [0, 0.1) is 0 Å². The number of fused-ring (bicyclic) bond motifs is 1. The van der Waals surface area contributed by atoms with Gasteiger partial charge in [-0.3, -0.25) is 4.57 Å². The number of benzene rings is 2. The van der Waals surface area contributed by atoms with Gasteiger partial charge in [0.2, 0.25) is 10.0 Å². The Morgan fingerprint density at radius 3 is 2.66 bits per heavy atom. The van der Waals surface area contributed by atoms with Crippen molar-refractivity contribution in [1.29, 1.82) is 0 Å². The molecule has 9 nitrogen and oxygen atoms in total. The molecule has 0 amide bonds. The molecule has 0 aliphatic rings. The number of aryl methyl sites for hydroxylation is 1. The number of sulfonamides is 1. The Morgan fingerprint density at radius 2 is 1.97 bits per heavy atom. The Morgan fingerprint density at radius 1 is 1.21 bits per heavy atom. The van der Waals surface area contributed by atoms with Crippen LogP contribution >= 0.6 is 0 Å². The highest BCUT2D eigenvalue weighted by Gasteiger charge is 2.19. The summed E-state index contributed by atoms with van der Waals surface area (Å²) in [4.78, 5) is 11.5.